The number of benzene rings is 1. The molecule has 1 aromatic heterocycles. The van der Waals surface area contributed by atoms with Crippen LogP contribution in [-0.4, -0.2) is 28.9 Å². The zero-order valence-corrected chi connectivity index (χ0v) is 15.1. The minimum absolute atomic E-state index is 0.368. The van der Waals surface area contributed by atoms with Gasteiger partial charge in [-0.1, -0.05) is 37.8 Å². The van der Waals surface area contributed by atoms with E-state index in [2.05, 4.69) is 23.1 Å². The summed E-state index contributed by atoms with van der Waals surface area (Å²) < 4.78 is 1.26. The van der Waals surface area contributed by atoms with Gasteiger partial charge in [0.2, 0.25) is 5.91 Å². The van der Waals surface area contributed by atoms with E-state index >= 15 is 0 Å². The Hall–Kier alpha value is -1.42. The van der Waals surface area contributed by atoms with Crippen molar-refractivity contribution in [3.63, 3.8) is 0 Å². The molecule has 0 radical (unpaired) electrons. The third kappa shape index (κ3) is 3.49. The van der Waals surface area contributed by atoms with Crippen molar-refractivity contribution in [2.45, 2.75) is 57.3 Å². The topological polar surface area (TPSA) is 33.2 Å². The summed E-state index contributed by atoms with van der Waals surface area (Å²) in [4.78, 5) is 19.5. The van der Waals surface area contributed by atoms with Crippen LogP contribution in [-0.2, 0) is 4.79 Å². The zero-order chi connectivity index (χ0) is 16.4. The number of para-hydroxylation sites is 1. The van der Waals surface area contributed by atoms with Gasteiger partial charge in [0.05, 0.1) is 15.2 Å². The monoisotopic (exact) mass is 342 g/mol. The standard InChI is InChI=1S/C20H26N2OS/c23-19(12-11-15-6-1-2-7-15)22-13-5-8-16(14-22)20-21-17-9-3-4-10-18(17)24-20/h3-4,9-10,15-16H,1-2,5-8,11-14H2/t16-/m0/s1. The Balaban J connectivity index is 1.38. The third-order valence-electron chi connectivity index (χ3n) is 5.67. The molecule has 3 nitrogen and oxygen atoms in total. The van der Waals surface area contributed by atoms with Gasteiger partial charge in [-0.15, -0.1) is 11.3 Å². The Morgan fingerprint density at radius 3 is 2.83 bits per heavy atom. The number of hydrogen-bond acceptors (Lipinski definition) is 3. The summed E-state index contributed by atoms with van der Waals surface area (Å²) in [5, 5.41) is 1.21. The molecular weight excluding hydrogens is 316 g/mol. The highest BCUT2D eigenvalue weighted by molar-refractivity contribution is 7.18. The molecule has 1 aliphatic carbocycles. The number of thiazole rings is 1. The highest BCUT2D eigenvalue weighted by Crippen LogP contribution is 2.34. The van der Waals surface area contributed by atoms with E-state index in [4.69, 9.17) is 4.98 Å². The lowest BCUT2D eigenvalue weighted by atomic mass is 9.97. The number of hydrogen-bond donors (Lipinski definition) is 0. The van der Waals surface area contributed by atoms with Crippen molar-refractivity contribution in [2.24, 2.45) is 5.92 Å². The van der Waals surface area contributed by atoms with Crippen molar-refractivity contribution >= 4 is 27.5 Å². The second-order valence-electron chi connectivity index (χ2n) is 7.39. The molecule has 1 aliphatic heterocycles. The number of rotatable bonds is 4. The van der Waals surface area contributed by atoms with Crippen molar-refractivity contribution in [3.8, 4) is 0 Å². The van der Waals surface area contributed by atoms with Crippen molar-refractivity contribution in [1.82, 2.24) is 9.88 Å². The summed E-state index contributed by atoms with van der Waals surface area (Å²) in [5.74, 6) is 1.60. The summed E-state index contributed by atoms with van der Waals surface area (Å²) in [5.41, 5.74) is 1.10. The molecule has 2 aliphatic rings. The molecule has 0 bridgehead atoms. The molecule has 1 atom stereocenters. The smallest absolute Gasteiger partial charge is 0.222 e. The highest BCUT2D eigenvalue weighted by atomic mass is 32.1. The fourth-order valence-electron chi connectivity index (χ4n) is 4.25. The first-order chi connectivity index (χ1) is 11.8. The van der Waals surface area contributed by atoms with Crippen LogP contribution in [0.4, 0.5) is 0 Å². The first-order valence-corrected chi connectivity index (χ1v) is 10.2. The molecule has 1 amide bonds. The lowest BCUT2D eigenvalue weighted by Crippen LogP contribution is -2.39. The number of aromatic nitrogens is 1. The summed E-state index contributed by atoms with van der Waals surface area (Å²) in [6.07, 6.45) is 9.51. The number of fused-ring (bicyclic) bond motifs is 1. The van der Waals surface area contributed by atoms with Gasteiger partial charge in [-0.05, 0) is 37.3 Å². The number of amides is 1. The second-order valence-corrected chi connectivity index (χ2v) is 8.45. The fraction of sp³-hybridized carbons (Fsp3) is 0.600. The van der Waals surface area contributed by atoms with Crippen LogP contribution in [0.5, 0.6) is 0 Å². The Morgan fingerprint density at radius 1 is 1.17 bits per heavy atom. The molecule has 4 heteroatoms. The average Bonchev–Trinajstić information content (AvgIpc) is 3.29. The van der Waals surface area contributed by atoms with E-state index in [9.17, 15) is 4.79 Å². The van der Waals surface area contributed by atoms with Crippen LogP contribution in [0.3, 0.4) is 0 Å². The van der Waals surface area contributed by atoms with Crippen molar-refractivity contribution in [1.29, 1.82) is 0 Å². The number of likely N-dealkylation sites (tertiary alicyclic amines) is 1. The van der Waals surface area contributed by atoms with Gasteiger partial charge in [0.15, 0.2) is 0 Å². The lowest BCUT2D eigenvalue weighted by Gasteiger charge is -2.32. The number of nitrogens with zero attached hydrogens (tertiary/aromatic N) is 2. The first kappa shape index (κ1) is 16.1. The molecule has 1 aromatic carbocycles. The molecule has 2 aromatic rings. The fourth-order valence-corrected chi connectivity index (χ4v) is 5.35. The maximum absolute atomic E-state index is 12.6. The summed E-state index contributed by atoms with van der Waals surface area (Å²) in [6.45, 7) is 1.80. The minimum Gasteiger partial charge on any atom is -0.342 e. The quantitative estimate of drug-likeness (QED) is 0.786. The van der Waals surface area contributed by atoms with E-state index < -0.39 is 0 Å². The van der Waals surface area contributed by atoms with E-state index in [1.54, 1.807) is 11.3 Å². The SMILES string of the molecule is O=C(CCC1CCCC1)N1CCC[C@H](c2nc3ccccc3s2)C1. The van der Waals surface area contributed by atoms with Gasteiger partial charge in [0.1, 0.15) is 0 Å². The van der Waals surface area contributed by atoms with Crippen LogP contribution in [0, 0.1) is 5.92 Å². The van der Waals surface area contributed by atoms with Crippen molar-refractivity contribution < 1.29 is 4.79 Å². The normalized spacial score (nSPS) is 22.3. The molecule has 24 heavy (non-hydrogen) atoms. The van der Waals surface area contributed by atoms with Gasteiger partial charge in [-0.3, -0.25) is 4.79 Å². The van der Waals surface area contributed by atoms with Crippen LogP contribution in [0.15, 0.2) is 24.3 Å². The van der Waals surface area contributed by atoms with Crippen LogP contribution < -0.4 is 0 Å². The Morgan fingerprint density at radius 2 is 2.00 bits per heavy atom. The van der Waals surface area contributed by atoms with Crippen LogP contribution >= 0.6 is 11.3 Å². The largest absolute Gasteiger partial charge is 0.342 e. The van der Waals surface area contributed by atoms with Gasteiger partial charge in [-0.25, -0.2) is 4.98 Å². The Bertz CT molecular complexity index is 671. The molecule has 128 valence electrons. The molecule has 4 rings (SSSR count). The van der Waals surface area contributed by atoms with Gasteiger partial charge < -0.3 is 4.90 Å². The predicted octanol–water partition coefficient (Wildman–Crippen LogP) is 4.97. The first-order valence-electron chi connectivity index (χ1n) is 9.43. The number of carbonyl (C=O) groups is 1. The molecule has 1 saturated heterocycles. The van der Waals surface area contributed by atoms with Crippen molar-refractivity contribution in [2.75, 3.05) is 13.1 Å². The number of piperidine rings is 1. The van der Waals surface area contributed by atoms with Crippen LogP contribution in [0.1, 0.15) is 62.3 Å². The third-order valence-corrected chi connectivity index (χ3v) is 6.87. The average molecular weight is 343 g/mol. The summed E-state index contributed by atoms with van der Waals surface area (Å²) >= 11 is 1.80. The Labute approximate surface area is 148 Å². The molecule has 0 N–H and O–H groups in total. The van der Waals surface area contributed by atoms with Gasteiger partial charge in [0, 0.05) is 25.4 Å². The minimum atomic E-state index is 0.368. The highest BCUT2D eigenvalue weighted by Gasteiger charge is 2.27. The van der Waals surface area contributed by atoms with Gasteiger partial charge >= 0.3 is 0 Å². The van der Waals surface area contributed by atoms with Crippen LogP contribution in [0.25, 0.3) is 10.2 Å². The molecule has 0 spiro atoms. The zero-order valence-electron chi connectivity index (χ0n) is 14.2. The maximum atomic E-state index is 12.6. The van der Waals surface area contributed by atoms with Crippen molar-refractivity contribution in [3.05, 3.63) is 29.3 Å². The van der Waals surface area contributed by atoms with E-state index in [1.165, 1.54) is 35.4 Å². The lowest BCUT2D eigenvalue weighted by molar-refractivity contribution is -0.132. The van der Waals surface area contributed by atoms with E-state index in [0.29, 0.717) is 11.8 Å². The van der Waals surface area contributed by atoms with Gasteiger partial charge in [-0.2, -0.15) is 0 Å². The summed E-state index contributed by atoms with van der Waals surface area (Å²) in [6, 6.07) is 8.35. The predicted molar refractivity (Wildman–Crippen MR) is 99.4 cm³/mol. The summed E-state index contributed by atoms with van der Waals surface area (Å²) in [7, 11) is 0. The molecule has 2 fully saturated rings. The van der Waals surface area contributed by atoms with E-state index in [0.717, 1.165) is 50.2 Å². The second kappa shape index (κ2) is 7.22. The maximum Gasteiger partial charge on any atom is 0.222 e. The van der Waals surface area contributed by atoms with Gasteiger partial charge in [0.25, 0.3) is 0 Å². The van der Waals surface area contributed by atoms with Crippen LogP contribution in [0.2, 0.25) is 0 Å². The van der Waals surface area contributed by atoms with E-state index in [-0.39, 0.29) is 0 Å². The molecular formula is C20H26N2OS. The number of carbonyl (C=O) groups excluding carboxylic acids is 1. The molecule has 0 unspecified atom stereocenters. The molecule has 2 heterocycles. The van der Waals surface area contributed by atoms with E-state index in [1.807, 2.05) is 6.07 Å². The molecule has 1 saturated carbocycles. The Kier molecular flexibility index (Phi) is 4.83.